The standard InChI is InChI=1S/C32H40F2N8O2/c1-21-19-23(7-8-24(21)32(43)41-17-15-40(16-18-41)13-6-12-39(4)5)38-30-31-37-20-26(42(31)14-11-36-30)25-9-10-27(29(34)28(25)33)44-22(2)35-3/h7-11,14,19-20,22,35H,6,12-13,15-18H2,1-5H3,(H,36,38). The first-order valence-electron chi connectivity index (χ1n) is 14.8. The molecule has 2 aromatic carbocycles. The second-order valence-electron chi connectivity index (χ2n) is 11.3. The molecule has 12 heteroatoms. The van der Waals surface area contributed by atoms with E-state index in [0.29, 0.717) is 35.8 Å². The Labute approximate surface area is 256 Å². The number of benzene rings is 2. The first-order chi connectivity index (χ1) is 21.2. The van der Waals surface area contributed by atoms with Crippen LogP contribution in [0.1, 0.15) is 29.3 Å². The van der Waals surface area contributed by atoms with Gasteiger partial charge in [-0.3, -0.25) is 19.4 Å². The molecule has 2 N–H and O–H groups in total. The van der Waals surface area contributed by atoms with E-state index in [9.17, 15) is 9.18 Å². The summed E-state index contributed by atoms with van der Waals surface area (Å²) in [5, 5.41) is 6.10. The molecule has 0 bridgehead atoms. The maximum Gasteiger partial charge on any atom is 0.254 e. The van der Waals surface area contributed by atoms with E-state index in [4.69, 9.17) is 4.74 Å². The zero-order chi connectivity index (χ0) is 31.4. The van der Waals surface area contributed by atoms with E-state index in [1.807, 2.05) is 30.0 Å². The highest BCUT2D eigenvalue weighted by molar-refractivity contribution is 5.96. The largest absolute Gasteiger partial charge is 0.472 e. The number of aromatic nitrogens is 3. The summed E-state index contributed by atoms with van der Waals surface area (Å²) in [4.78, 5) is 28.8. The summed E-state index contributed by atoms with van der Waals surface area (Å²) < 4.78 is 37.0. The number of piperazine rings is 1. The van der Waals surface area contributed by atoms with Gasteiger partial charge in [0.1, 0.15) is 6.23 Å². The van der Waals surface area contributed by atoms with Gasteiger partial charge >= 0.3 is 0 Å². The lowest BCUT2D eigenvalue weighted by molar-refractivity contribution is 0.0633. The summed E-state index contributed by atoms with van der Waals surface area (Å²) in [5.74, 6) is -1.81. The van der Waals surface area contributed by atoms with E-state index in [1.165, 1.54) is 18.3 Å². The number of aryl methyl sites for hydroxylation is 1. The average molecular weight is 607 g/mol. The topological polar surface area (TPSA) is 90.3 Å². The van der Waals surface area contributed by atoms with E-state index in [1.54, 1.807) is 30.8 Å². The van der Waals surface area contributed by atoms with E-state index >= 15 is 4.39 Å². The third-order valence-electron chi connectivity index (χ3n) is 7.92. The van der Waals surface area contributed by atoms with E-state index in [2.05, 4.69) is 44.5 Å². The number of rotatable bonds is 11. The van der Waals surface area contributed by atoms with Crippen molar-refractivity contribution in [3.63, 3.8) is 0 Å². The van der Waals surface area contributed by atoms with Crippen molar-refractivity contribution in [3.05, 3.63) is 71.7 Å². The number of anilines is 2. The summed E-state index contributed by atoms with van der Waals surface area (Å²) in [5.41, 5.74) is 3.09. The Morgan fingerprint density at radius 1 is 1.09 bits per heavy atom. The monoisotopic (exact) mass is 606 g/mol. The number of ether oxygens (including phenoxy) is 1. The van der Waals surface area contributed by atoms with Crippen LogP contribution in [0.5, 0.6) is 5.75 Å². The number of carbonyl (C=O) groups is 1. The van der Waals surface area contributed by atoms with Gasteiger partial charge in [-0.15, -0.1) is 0 Å². The number of hydrogen-bond donors (Lipinski definition) is 2. The zero-order valence-corrected chi connectivity index (χ0v) is 25.9. The maximum absolute atomic E-state index is 15.1. The van der Waals surface area contributed by atoms with Gasteiger partial charge in [0, 0.05) is 55.4 Å². The molecule has 0 saturated carbocycles. The first-order valence-corrected chi connectivity index (χ1v) is 14.8. The smallest absolute Gasteiger partial charge is 0.254 e. The summed E-state index contributed by atoms with van der Waals surface area (Å²) in [6, 6.07) is 8.44. The van der Waals surface area contributed by atoms with Crippen LogP contribution < -0.4 is 15.4 Å². The Morgan fingerprint density at radius 2 is 1.86 bits per heavy atom. The molecular formula is C32H40F2N8O2. The number of imidazole rings is 1. The molecule has 1 unspecified atom stereocenters. The van der Waals surface area contributed by atoms with Crippen molar-refractivity contribution in [2.75, 3.05) is 65.7 Å². The molecule has 1 fully saturated rings. The van der Waals surface area contributed by atoms with Crippen LogP contribution in [0.25, 0.3) is 16.9 Å². The SMILES string of the molecule is CNC(C)Oc1ccc(-c2cnc3c(Nc4ccc(C(=O)N5CCN(CCCN(C)C)CC5)c(C)c4)nccn23)c(F)c1F. The molecule has 1 aliphatic rings. The molecule has 2 aromatic heterocycles. The van der Waals surface area contributed by atoms with Gasteiger partial charge < -0.3 is 19.9 Å². The van der Waals surface area contributed by atoms with Crippen LogP contribution in [-0.4, -0.2) is 102 Å². The van der Waals surface area contributed by atoms with Crippen molar-refractivity contribution < 1.29 is 18.3 Å². The predicted octanol–water partition coefficient (Wildman–Crippen LogP) is 4.38. The Morgan fingerprint density at radius 3 is 2.57 bits per heavy atom. The van der Waals surface area contributed by atoms with Crippen molar-refractivity contribution in [3.8, 4) is 17.0 Å². The van der Waals surface area contributed by atoms with E-state index in [-0.39, 0.29) is 17.2 Å². The molecule has 234 valence electrons. The van der Waals surface area contributed by atoms with Crippen LogP contribution in [0.15, 0.2) is 48.9 Å². The van der Waals surface area contributed by atoms with E-state index < -0.39 is 17.9 Å². The second-order valence-corrected chi connectivity index (χ2v) is 11.3. The fourth-order valence-corrected chi connectivity index (χ4v) is 5.35. The molecule has 1 amide bonds. The summed E-state index contributed by atoms with van der Waals surface area (Å²) in [6.45, 7) is 8.90. The van der Waals surface area contributed by atoms with Crippen LogP contribution in [0.4, 0.5) is 20.3 Å². The maximum atomic E-state index is 15.1. The lowest BCUT2D eigenvalue weighted by atomic mass is 10.1. The van der Waals surface area contributed by atoms with Gasteiger partial charge in [-0.05, 0) is 90.4 Å². The highest BCUT2D eigenvalue weighted by atomic mass is 19.2. The molecule has 4 aromatic rings. The average Bonchev–Trinajstić information content (AvgIpc) is 3.44. The van der Waals surface area contributed by atoms with Gasteiger partial charge in [-0.25, -0.2) is 14.4 Å². The van der Waals surface area contributed by atoms with Crippen LogP contribution in [0.3, 0.4) is 0 Å². The van der Waals surface area contributed by atoms with Crippen LogP contribution in [0.2, 0.25) is 0 Å². The van der Waals surface area contributed by atoms with Gasteiger partial charge in [-0.2, -0.15) is 4.39 Å². The summed E-state index contributed by atoms with van der Waals surface area (Å²) in [6.07, 6.45) is 5.31. The molecule has 1 atom stereocenters. The molecule has 5 rings (SSSR count). The van der Waals surface area contributed by atoms with Crippen molar-refractivity contribution in [1.29, 1.82) is 0 Å². The van der Waals surface area contributed by atoms with Crippen LogP contribution in [0, 0.1) is 18.6 Å². The molecule has 0 spiro atoms. The van der Waals surface area contributed by atoms with Gasteiger partial charge in [0.15, 0.2) is 23.0 Å². The van der Waals surface area contributed by atoms with Crippen molar-refractivity contribution in [2.45, 2.75) is 26.5 Å². The summed E-state index contributed by atoms with van der Waals surface area (Å²) >= 11 is 0. The third-order valence-corrected chi connectivity index (χ3v) is 7.92. The lowest BCUT2D eigenvalue weighted by Crippen LogP contribution is -2.49. The lowest BCUT2D eigenvalue weighted by Gasteiger charge is -2.35. The molecule has 1 aliphatic heterocycles. The number of nitrogens with zero attached hydrogens (tertiary/aromatic N) is 6. The minimum Gasteiger partial charge on any atom is -0.472 e. The van der Waals surface area contributed by atoms with E-state index in [0.717, 1.165) is 43.9 Å². The number of hydrogen-bond acceptors (Lipinski definition) is 8. The third kappa shape index (κ3) is 6.82. The highest BCUT2D eigenvalue weighted by Crippen LogP contribution is 2.32. The second kappa shape index (κ2) is 13.7. The van der Waals surface area contributed by atoms with Gasteiger partial charge in [0.25, 0.3) is 5.91 Å². The van der Waals surface area contributed by atoms with Crippen molar-refractivity contribution in [2.24, 2.45) is 0 Å². The Kier molecular flexibility index (Phi) is 9.72. The Bertz CT molecular complexity index is 1620. The molecule has 44 heavy (non-hydrogen) atoms. The minimum absolute atomic E-state index is 0.0335. The number of amides is 1. The predicted molar refractivity (Wildman–Crippen MR) is 167 cm³/mol. The molecule has 10 nitrogen and oxygen atoms in total. The van der Waals surface area contributed by atoms with Gasteiger partial charge in [-0.1, -0.05) is 0 Å². The number of carbonyl (C=O) groups excluding carboxylic acids is 1. The van der Waals surface area contributed by atoms with Crippen molar-refractivity contribution in [1.82, 2.24) is 34.4 Å². The molecule has 0 radical (unpaired) electrons. The van der Waals surface area contributed by atoms with Crippen molar-refractivity contribution >= 4 is 23.1 Å². The quantitative estimate of drug-likeness (QED) is 0.243. The van der Waals surface area contributed by atoms with Gasteiger partial charge in [0.2, 0.25) is 5.82 Å². The fourth-order valence-electron chi connectivity index (χ4n) is 5.35. The summed E-state index contributed by atoms with van der Waals surface area (Å²) in [7, 11) is 5.83. The molecular weight excluding hydrogens is 566 g/mol. The minimum atomic E-state index is -1.07. The molecule has 3 heterocycles. The van der Waals surface area contributed by atoms with Gasteiger partial charge in [0.05, 0.1) is 11.9 Å². The fraction of sp³-hybridized carbons (Fsp3) is 0.406. The zero-order valence-electron chi connectivity index (χ0n) is 25.9. The number of halogens is 2. The molecule has 1 saturated heterocycles. The number of nitrogens with one attached hydrogen (secondary N) is 2. The normalized spacial score (nSPS) is 14.8. The van der Waals surface area contributed by atoms with Crippen LogP contribution >= 0.6 is 0 Å². The Balaban J connectivity index is 1.29. The highest BCUT2D eigenvalue weighted by Gasteiger charge is 2.24. The van der Waals surface area contributed by atoms with Crippen LogP contribution in [-0.2, 0) is 0 Å². The number of fused-ring (bicyclic) bond motifs is 1. The Hall–Kier alpha value is -4.13. The first kappa shape index (κ1) is 31.3. The molecule has 0 aliphatic carbocycles.